The second-order valence-corrected chi connectivity index (χ2v) is 8.95. The summed E-state index contributed by atoms with van der Waals surface area (Å²) in [6.07, 6.45) is 4.61. The van der Waals surface area contributed by atoms with E-state index in [1.165, 1.54) is 18.5 Å². The van der Waals surface area contributed by atoms with E-state index in [1.807, 2.05) is 32.9 Å². The number of benzene rings is 2. The first-order valence-corrected chi connectivity index (χ1v) is 12.2. The first kappa shape index (κ1) is 28.1. The number of carbonyl (C=O) groups is 1. The second-order valence-electron chi connectivity index (χ2n) is 8.51. The maximum Gasteiger partial charge on any atom is 0.277 e. The van der Waals surface area contributed by atoms with Gasteiger partial charge in [0.1, 0.15) is 17.2 Å². The minimum Gasteiger partial charge on any atom is -0.456 e. The molecule has 4 aromatic rings. The van der Waals surface area contributed by atoms with Crippen LogP contribution in [-0.4, -0.2) is 25.7 Å². The van der Waals surface area contributed by atoms with E-state index in [9.17, 15) is 9.59 Å². The molecule has 1 amide bonds. The number of rotatable bonds is 8. The van der Waals surface area contributed by atoms with E-state index < -0.39 is 5.91 Å². The predicted molar refractivity (Wildman–Crippen MR) is 149 cm³/mol. The summed E-state index contributed by atoms with van der Waals surface area (Å²) in [5.41, 5.74) is 7.30. The highest BCUT2D eigenvalue weighted by Gasteiger charge is 2.15. The zero-order valence-electron chi connectivity index (χ0n) is 21.4. The van der Waals surface area contributed by atoms with Crippen LogP contribution in [0.2, 0.25) is 5.02 Å². The molecule has 0 saturated carbocycles. The molecule has 0 bridgehead atoms. The summed E-state index contributed by atoms with van der Waals surface area (Å²) < 4.78 is 7.31. The van der Waals surface area contributed by atoms with Gasteiger partial charge in [-0.2, -0.15) is 0 Å². The molecule has 4 rings (SSSR count). The van der Waals surface area contributed by atoms with Crippen molar-refractivity contribution in [2.75, 3.05) is 5.32 Å². The first-order chi connectivity index (χ1) is 18.2. The number of nitrogens with zero attached hydrogens (tertiary/aromatic N) is 4. The van der Waals surface area contributed by atoms with E-state index >= 15 is 0 Å². The Morgan fingerprint density at radius 3 is 2.37 bits per heavy atom. The van der Waals surface area contributed by atoms with Crippen molar-refractivity contribution in [2.24, 2.45) is 5.73 Å². The standard InChI is InChI=1S/C25H23ClN6O3.C3H6/c1-15(2)22-24(34)32(14-16-3-5-18(26)6-4-16)25(31-30-22)29-19-7-9-20(10-8-19)35-21-11-17(23(27)33)12-28-13-21;1-3-2/h3-13,15H,14H2,1-2H3,(H2,27,33)(H,29,31);3H,1H2,2H3. The Labute approximate surface area is 226 Å². The fourth-order valence-electron chi connectivity index (χ4n) is 3.29. The number of ether oxygens (including phenoxy) is 1. The maximum absolute atomic E-state index is 13.2. The van der Waals surface area contributed by atoms with Crippen LogP contribution in [0.15, 0.2) is 84.4 Å². The molecule has 0 aliphatic heterocycles. The Hall–Kier alpha value is -4.50. The monoisotopic (exact) mass is 532 g/mol. The number of hydrogen-bond acceptors (Lipinski definition) is 7. The van der Waals surface area contributed by atoms with Gasteiger partial charge in [-0.05, 0) is 55.0 Å². The van der Waals surface area contributed by atoms with Gasteiger partial charge in [0.25, 0.3) is 5.56 Å². The molecule has 3 N–H and O–H groups in total. The summed E-state index contributed by atoms with van der Waals surface area (Å²) in [4.78, 5) is 28.5. The molecule has 0 aliphatic carbocycles. The third-order valence-corrected chi connectivity index (χ3v) is 5.37. The van der Waals surface area contributed by atoms with Gasteiger partial charge in [0.05, 0.1) is 18.3 Å². The van der Waals surface area contributed by atoms with Crippen LogP contribution in [0, 0.1) is 0 Å². The molecule has 2 aromatic heterocycles. The molecule has 0 atom stereocenters. The molecule has 0 radical (unpaired) electrons. The minimum absolute atomic E-state index is 0.0699. The van der Waals surface area contributed by atoms with Crippen molar-refractivity contribution in [3.8, 4) is 11.5 Å². The van der Waals surface area contributed by atoms with Gasteiger partial charge in [-0.1, -0.05) is 43.7 Å². The Kier molecular flexibility index (Phi) is 9.72. The molecule has 196 valence electrons. The number of aromatic nitrogens is 4. The number of anilines is 2. The van der Waals surface area contributed by atoms with Gasteiger partial charge < -0.3 is 15.8 Å². The van der Waals surface area contributed by atoms with Gasteiger partial charge in [-0.15, -0.1) is 16.8 Å². The van der Waals surface area contributed by atoms with Crippen LogP contribution in [0.4, 0.5) is 11.6 Å². The van der Waals surface area contributed by atoms with Crippen LogP contribution in [0.1, 0.15) is 48.3 Å². The molecule has 2 aromatic carbocycles. The smallest absolute Gasteiger partial charge is 0.277 e. The van der Waals surface area contributed by atoms with Crippen molar-refractivity contribution < 1.29 is 9.53 Å². The summed E-state index contributed by atoms with van der Waals surface area (Å²) in [5, 5.41) is 12.2. The van der Waals surface area contributed by atoms with Gasteiger partial charge >= 0.3 is 0 Å². The highest BCUT2D eigenvalue weighted by atomic mass is 35.5. The number of amides is 1. The SMILES string of the molecule is C=CC.CC(C)c1nnc(Nc2ccc(Oc3cncc(C(N)=O)c3)cc2)n(Cc2ccc(Cl)cc2)c1=O. The highest BCUT2D eigenvalue weighted by Crippen LogP contribution is 2.24. The average Bonchev–Trinajstić information content (AvgIpc) is 2.89. The zero-order valence-corrected chi connectivity index (χ0v) is 22.1. The van der Waals surface area contributed by atoms with Crippen LogP contribution < -0.4 is 21.3 Å². The van der Waals surface area contributed by atoms with Crippen molar-refractivity contribution in [3.63, 3.8) is 0 Å². The molecule has 9 nitrogen and oxygen atoms in total. The fourth-order valence-corrected chi connectivity index (χ4v) is 3.41. The molecule has 0 unspecified atom stereocenters. The largest absolute Gasteiger partial charge is 0.456 e. The molecule has 10 heteroatoms. The van der Waals surface area contributed by atoms with Crippen molar-refractivity contribution in [3.05, 3.63) is 112 Å². The van der Waals surface area contributed by atoms with Crippen molar-refractivity contribution in [1.82, 2.24) is 19.7 Å². The number of carbonyl (C=O) groups excluding carboxylic acids is 1. The number of allylic oxidation sites excluding steroid dienone is 1. The number of nitrogens with two attached hydrogens (primary N) is 1. The number of pyridine rings is 1. The fraction of sp³-hybridized carbons (Fsp3) is 0.179. The van der Waals surface area contributed by atoms with E-state index in [0.717, 1.165) is 5.56 Å². The number of nitrogens with one attached hydrogen (secondary N) is 1. The van der Waals surface area contributed by atoms with Gasteiger partial charge in [0.15, 0.2) is 0 Å². The third-order valence-electron chi connectivity index (χ3n) is 5.12. The molecular weight excluding hydrogens is 504 g/mol. The highest BCUT2D eigenvalue weighted by molar-refractivity contribution is 6.30. The quantitative estimate of drug-likeness (QED) is 0.279. The molecule has 0 saturated heterocycles. The normalized spacial score (nSPS) is 10.3. The molecule has 38 heavy (non-hydrogen) atoms. The summed E-state index contributed by atoms with van der Waals surface area (Å²) in [6.45, 7) is 9.36. The average molecular weight is 533 g/mol. The lowest BCUT2D eigenvalue weighted by molar-refractivity contribution is 0.0999. The van der Waals surface area contributed by atoms with Crippen molar-refractivity contribution in [1.29, 1.82) is 0 Å². The van der Waals surface area contributed by atoms with Gasteiger partial charge in [-0.25, -0.2) is 0 Å². The van der Waals surface area contributed by atoms with Gasteiger partial charge in [0.2, 0.25) is 11.9 Å². The lowest BCUT2D eigenvalue weighted by Gasteiger charge is -2.15. The lowest BCUT2D eigenvalue weighted by Crippen LogP contribution is -2.29. The molecule has 2 heterocycles. The Bertz CT molecular complexity index is 1450. The number of primary amides is 1. The van der Waals surface area contributed by atoms with E-state index in [4.69, 9.17) is 22.1 Å². The van der Waals surface area contributed by atoms with Gasteiger partial charge in [-0.3, -0.25) is 19.1 Å². The number of hydrogen-bond donors (Lipinski definition) is 2. The summed E-state index contributed by atoms with van der Waals surface area (Å²) >= 11 is 6.00. The minimum atomic E-state index is -0.586. The van der Waals surface area contributed by atoms with Crippen LogP contribution in [0.5, 0.6) is 11.5 Å². The van der Waals surface area contributed by atoms with Gasteiger partial charge in [0, 0.05) is 22.8 Å². The van der Waals surface area contributed by atoms with Crippen molar-refractivity contribution >= 4 is 29.1 Å². The first-order valence-electron chi connectivity index (χ1n) is 11.8. The van der Waals surface area contributed by atoms with E-state index in [1.54, 1.807) is 47.0 Å². The van der Waals surface area contributed by atoms with Crippen LogP contribution >= 0.6 is 11.6 Å². The van der Waals surface area contributed by atoms with Crippen LogP contribution in [0.25, 0.3) is 0 Å². The molecule has 0 fully saturated rings. The predicted octanol–water partition coefficient (Wildman–Crippen LogP) is 5.69. The second kappa shape index (κ2) is 13.2. The zero-order chi connectivity index (χ0) is 27.7. The summed E-state index contributed by atoms with van der Waals surface area (Å²) in [6, 6.07) is 15.8. The Balaban J connectivity index is 0.00000127. The molecule has 0 spiro atoms. The van der Waals surface area contributed by atoms with Crippen LogP contribution in [0.3, 0.4) is 0 Å². The summed E-state index contributed by atoms with van der Waals surface area (Å²) in [5.74, 6) is 0.561. The topological polar surface area (TPSA) is 125 Å². The van der Waals surface area contributed by atoms with Crippen molar-refractivity contribution in [2.45, 2.75) is 33.2 Å². The molecular formula is C28H29ClN6O3. The lowest BCUT2D eigenvalue weighted by atomic mass is 10.1. The maximum atomic E-state index is 13.2. The number of halogens is 1. The Morgan fingerprint density at radius 2 is 1.76 bits per heavy atom. The van der Waals surface area contributed by atoms with Crippen LogP contribution in [-0.2, 0) is 6.54 Å². The third kappa shape index (κ3) is 7.50. The summed E-state index contributed by atoms with van der Waals surface area (Å²) in [7, 11) is 0. The van der Waals surface area contributed by atoms with E-state index in [2.05, 4.69) is 27.1 Å². The van der Waals surface area contributed by atoms with E-state index in [0.29, 0.717) is 40.4 Å². The Morgan fingerprint density at radius 1 is 1.11 bits per heavy atom. The molecule has 0 aliphatic rings. The van der Waals surface area contributed by atoms with E-state index in [-0.39, 0.29) is 17.0 Å².